The standard InChI is InChI=1S/C20H20F2N4O/c1-20(22)8-2-3-17(20)25-18-15(19(23)27)10-24-26-11-13(9-16(18)26)12-4-6-14(21)7-5-12/h4-7,9-11,17,25H,2-3,8H2,1H3,(H2,23,27). The van der Waals surface area contributed by atoms with E-state index < -0.39 is 17.6 Å². The van der Waals surface area contributed by atoms with Crippen molar-refractivity contribution in [1.29, 1.82) is 0 Å². The molecule has 1 aliphatic rings. The van der Waals surface area contributed by atoms with Crippen LogP contribution in [0.3, 0.4) is 0 Å². The highest BCUT2D eigenvalue weighted by Gasteiger charge is 2.39. The van der Waals surface area contributed by atoms with Crippen molar-refractivity contribution in [3.8, 4) is 11.1 Å². The molecule has 3 N–H and O–H groups in total. The third-order valence-corrected chi connectivity index (χ3v) is 5.28. The number of nitrogens with zero attached hydrogens (tertiary/aromatic N) is 2. The van der Waals surface area contributed by atoms with E-state index in [9.17, 15) is 13.6 Å². The molecule has 1 aromatic carbocycles. The van der Waals surface area contributed by atoms with Crippen molar-refractivity contribution in [2.45, 2.75) is 37.9 Å². The van der Waals surface area contributed by atoms with Gasteiger partial charge in [-0.25, -0.2) is 13.3 Å². The van der Waals surface area contributed by atoms with Crippen molar-refractivity contribution < 1.29 is 13.6 Å². The van der Waals surface area contributed by atoms with Crippen molar-refractivity contribution in [2.24, 2.45) is 5.73 Å². The number of carbonyl (C=O) groups excluding carboxylic acids is 1. The van der Waals surface area contributed by atoms with Gasteiger partial charge < -0.3 is 11.1 Å². The van der Waals surface area contributed by atoms with Crippen LogP contribution in [0.2, 0.25) is 0 Å². The molecule has 2 heterocycles. The van der Waals surface area contributed by atoms with E-state index in [1.807, 2.05) is 6.07 Å². The number of fused-ring (bicyclic) bond motifs is 1. The third-order valence-electron chi connectivity index (χ3n) is 5.28. The fraction of sp³-hybridized carbons (Fsp3) is 0.300. The van der Waals surface area contributed by atoms with Gasteiger partial charge in [-0.3, -0.25) is 4.79 Å². The van der Waals surface area contributed by atoms with Gasteiger partial charge in [-0.15, -0.1) is 0 Å². The molecule has 5 nitrogen and oxygen atoms in total. The van der Waals surface area contributed by atoms with E-state index in [1.165, 1.54) is 18.3 Å². The lowest BCUT2D eigenvalue weighted by atomic mass is 10.0. The van der Waals surface area contributed by atoms with E-state index in [0.29, 0.717) is 24.0 Å². The van der Waals surface area contributed by atoms with Gasteiger partial charge >= 0.3 is 0 Å². The molecule has 1 fully saturated rings. The molecule has 1 aliphatic carbocycles. The predicted molar refractivity (Wildman–Crippen MR) is 99.9 cm³/mol. The number of nitrogens with two attached hydrogens (primary N) is 1. The first-order valence-electron chi connectivity index (χ1n) is 8.88. The van der Waals surface area contributed by atoms with Crippen LogP contribution >= 0.6 is 0 Å². The second-order valence-electron chi connectivity index (χ2n) is 7.23. The normalized spacial score (nSPS) is 22.3. The summed E-state index contributed by atoms with van der Waals surface area (Å²) in [6.07, 6.45) is 5.09. The molecule has 0 bridgehead atoms. The first-order valence-corrected chi connectivity index (χ1v) is 8.88. The summed E-state index contributed by atoms with van der Waals surface area (Å²) in [5.41, 5.74) is 7.08. The van der Waals surface area contributed by atoms with Gasteiger partial charge in [0.15, 0.2) is 0 Å². The van der Waals surface area contributed by atoms with E-state index in [1.54, 1.807) is 29.8 Å². The zero-order chi connectivity index (χ0) is 19.2. The van der Waals surface area contributed by atoms with E-state index in [2.05, 4.69) is 10.4 Å². The Bertz CT molecular complexity index is 1010. The van der Waals surface area contributed by atoms with Crippen LogP contribution in [0.4, 0.5) is 14.5 Å². The molecule has 2 aromatic heterocycles. The Hall–Kier alpha value is -2.96. The Morgan fingerprint density at radius 1 is 1.33 bits per heavy atom. The molecule has 4 rings (SSSR count). The molecule has 1 saturated carbocycles. The Kier molecular flexibility index (Phi) is 4.09. The lowest BCUT2D eigenvalue weighted by Gasteiger charge is -2.26. The van der Waals surface area contributed by atoms with Crippen molar-refractivity contribution in [3.05, 3.63) is 54.1 Å². The van der Waals surface area contributed by atoms with E-state index in [-0.39, 0.29) is 11.4 Å². The average molecular weight is 370 g/mol. The van der Waals surface area contributed by atoms with Crippen LogP contribution in [0.1, 0.15) is 36.5 Å². The number of halogens is 2. The number of primary amides is 1. The lowest BCUT2D eigenvalue weighted by molar-refractivity contribution is 0.1000. The van der Waals surface area contributed by atoms with E-state index in [0.717, 1.165) is 17.5 Å². The fourth-order valence-electron chi connectivity index (χ4n) is 3.72. The number of hydrogen-bond acceptors (Lipinski definition) is 3. The van der Waals surface area contributed by atoms with Crippen molar-refractivity contribution >= 4 is 17.1 Å². The number of rotatable bonds is 4. The smallest absolute Gasteiger partial charge is 0.252 e. The van der Waals surface area contributed by atoms with Gasteiger partial charge in [-0.2, -0.15) is 5.10 Å². The Labute approximate surface area is 155 Å². The van der Waals surface area contributed by atoms with Crippen LogP contribution in [0, 0.1) is 5.82 Å². The number of nitrogens with one attached hydrogen (secondary N) is 1. The van der Waals surface area contributed by atoms with Gasteiger partial charge in [0.25, 0.3) is 5.91 Å². The minimum Gasteiger partial charge on any atom is -0.377 e. The monoisotopic (exact) mass is 370 g/mol. The maximum Gasteiger partial charge on any atom is 0.252 e. The molecule has 7 heteroatoms. The highest BCUT2D eigenvalue weighted by atomic mass is 19.1. The maximum atomic E-state index is 14.8. The van der Waals surface area contributed by atoms with Gasteiger partial charge in [0.2, 0.25) is 0 Å². The van der Waals surface area contributed by atoms with Gasteiger partial charge in [0, 0.05) is 11.8 Å². The first kappa shape index (κ1) is 17.5. The van der Waals surface area contributed by atoms with Crippen LogP contribution in [-0.4, -0.2) is 27.2 Å². The quantitative estimate of drug-likeness (QED) is 0.731. The number of carbonyl (C=O) groups is 1. The van der Waals surface area contributed by atoms with E-state index in [4.69, 9.17) is 5.73 Å². The average Bonchev–Trinajstić information content (AvgIpc) is 3.19. The number of alkyl halides is 1. The molecule has 1 amide bonds. The van der Waals surface area contributed by atoms with Crippen LogP contribution < -0.4 is 11.1 Å². The second-order valence-corrected chi connectivity index (χ2v) is 7.23. The second kappa shape index (κ2) is 6.33. The van der Waals surface area contributed by atoms with Crippen molar-refractivity contribution in [3.63, 3.8) is 0 Å². The Morgan fingerprint density at radius 2 is 2.07 bits per heavy atom. The SMILES string of the molecule is CC1(F)CCCC1Nc1c(C(N)=O)cnn2cc(-c3ccc(F)cc3)cc12. The zero-order valence-corrected chi connectivity index (χ0v) is 14.9. The molecule has 0 aliphatic heterocycles. The number of aromatic nitrogens is 2. The van der Waals surface area contributed by atoms with Gasteiger partial charge in [-0.05, 0) is 49.9 Å². The van der Waals surface area contributed by atoms with Crippen molar-refractivity contribution in [1.82, 2.24) is 9.61 Å². The number of amides is 1. The number of benzene rings is 1. The molecular weight excluding hydrogens is 350 g/mol. The number of hydrogen-bond donors (Lipinski definition) is 2. The van der Waals surface area contributed by atoms with Crippen LogP contribution in [0.5, 0.6) is 0 Å². The van der Waals surface area contributed by atoms with Gasteiger partial charge in [0.1, 0.15) is 11.5 Å². The fourth-order valence-corrected chi connectivity index (χ4v) is 3.72. The molecule has 27 heavy (non-hydrogen) atoms. The summed E-state index contributed by atoms with van der Waals surface area (Å²) in [5.74, 6) is -0.946. The Balaban J connectivity index is 1.82. The summed E-state index contributed by atoms with van der Waals surface area (Å²) in [7, 11) is 0. The molecule has 0 radical (unpaired) electrons. The zero-order valence-electron chi connectivity index (χ0n) is 14.9. The minimum atomic E-state index is -1.36. The topological polar surface area (TPSA) is 72.4 Å². The summed E-state index contributed by atoms with van der Waals surface area (Å²) < 4.78 is 29.6. The summed E-state index contributed by atoms with van der Waals surface area (Å²) in [6, 6.07) is 7.52. The highest BCUT2D eigenvalue weighted by Crippen LogP contribution is 2.37. The van der Waals surface area contributed by atoms with Crippen molar-refractivity contribution in [2.75, 3.05) is 5.32 Å². The minimum absolute atomic E-state index is 0.217. The predicted octanol–water partition coefficient (Wildman–Crippen LogP) is 3.93. The maximum absolute atomic E-state index is 14.8. The molecule has 3 aromatic rings. The van der Waals surface area contributed by atoms with Crippen LogP contribution in [-0.2, 0) is 0 Å². The molecule has 140 valence electrons. The summed E-state index contributed by atoms with van der Waals surface area (Å²) >= 11 is 0. The molecule has 0 spiro atoms. The third kappa shape index (κ3) is 3.13. The largest absolute Gasteiger partial charge is 0.377 e. The molecule has 2 unspecified atom stereocenters. The molecule has 2 atom stereocenters. The summed E-state index contributed by atoms with van der Waals surface area (Å²) in [5, 5.41) is 7.45. The summed E-state index contributed by atoms with van der Waals surface area (Å²) in [6.45, 7) is 1.57. The van der Waals surface area contributed by atoms with Gasteiger partial charge in [0.05, 0.1) is 29.0 Å². The van der Waals surface area contributed by atoms with Crippen LogP contribution in [0.15, 0.2) is 42.7 Å². The molecule has 0 saturated heterocycles. The van der Waals surface area contributed by atoms with Gasteiger partial charge in [-0.1, -0.05) is 12.1 Å². The first-order chi connectivity index (χ1) is 12.8. The highest BCUT2D eigenvalue weighted by molar-refractivity contribution is 6.02. The lowest BCUT2D eigenvalue weighted by Crippen LogP contribution is -2.36. The Morgan fingerprint density at radius 3 is 2.70 bits per heavy atom. The summed E-state index contributed by atoms with van der Waals surface area (Å²) in [4.78, 5) is 11.9. The van der Waals surface area contributed by atoms with Crippen LogP contribution in [0.25, 0.3) is 16.6 Å². The van der Waals surface area contributed by atoms with E-state index >= 15 is 0 Å². The number of anilines is 1. The molecular formula is C20H20F2N4O.